The van der Waals surface area contributed by atoms with Gasteiger partial charge in [-0.15, -0.1) is 0 Å². The lowest BCUT2D eigenvalue weighted by atomic mass is 10.0. The normalized spacial score (nSPS) is 15.5. The van der Waals surface area contributed by atoms with Gasteiger partial charge < -0.3 is 10.6 Å². The van der Waals surface area contributed by atoms with Crippen molar-refractivity contribution in [1.82, 2.24) is 15.5 Å². The summed E-state index contributed by atoms with van der Waals surface area (Å²) in [6, 6.07) is 14.3. The van der Waals surface area contributed by atoms with E-state index in [1.54, 1.807) is 31.2 Å². The Morgan fingerprint density at radius 1 is 1.00 bits per heavy atom. The summed E-state index contributed by atoms with van der Waals surface area (Å²) in [5.41, 5.74) is 2.71. The number of benzene rings is 2. The number of carbonyl (C=O) groups excluding carboxylic acids is 2. The van der Waals surface area contributed by atoms with Crippen molar-refractivity contribution in [3.05, 3.63) is 70.2 Å². The molecular weight excluding hydrogens is 386 g/mol. The van der Waals surface area contributed by atoms with Crippen LogP contribution < -0.4 is 10.6 Å². The second-order valence-electron chi connectivity index (χ2n) is 7.50. The zero-order valence-electron chi connectivity index (χ0n) is 16.8. The topological polar surface area (TPSA) is 61.4 Å². The van der Waals surface area contributed by atoms with Gasteiger partial charge in [0.05, 0.1) is 10.6 Å². The van der Waals surface area contributed by atoms with Crippen LogP contribution in [0.25, 0.3) is 0 Å². The van der Waals surface area contributed by atoms with Crippen molar-refractivity contribution in [2.45, 2.75) is 45.3 Å². The molecule has 0 bridgehead atoms. The Morgan fingerprint density at radius 3 is 2.38 bits per heavy atom. The summed E-state index contributed by atoms with van der Waals surface area (Å²) >= 11 is 6.06. The highest BCUT2D eigenvalue weighted by Crippen LogP contribution is 2.17. The van der Waals surface area contributed by atoms with Gasteiger partial charge in [0.2, 0.25) is 5.91 Å². The molecule has 1 heterocycles. The maximum absolute atomic E-state index is 12.5. The van der Waals surface area contributed by atoms with E-state index in [1.165, 1.54) is 24.8 Å². The summed E-state index contributed by atoms with van der Waals surface area (Å²) in [5, 5.41) is 6.02. The Balaban J connectivity index is 1.54. The second kappa shape index (κ2) is 10.4. The summed E-state index contributed by atoms with van der Waals surface area (Å²) in [4.78, 5) is 27.3. The fourth-order valence-corrected chi connectivity index (χ4v) is 3.78. The molecule has 2 aromatic carbocycles. The van der Waals surface area contributed by atoms with Crippen LogP contribution in [0, 0.1) is 0 Å². The SMILES string of the molecule is C[C@H](NC(=O)c1ccccc1Cl)C(=O)NCc1ccccc1CN1CCCCC1. The lowest BCUT2D eigenvalue weighted by Crippen LogP contribution is -2.44. The zero-order valence-corrected chi connectivity index (χ0v) is 17.5. The number of carbonyl (C=O) groups is 2. The monoisotopic (exact) mass is 413 g/mol. The number of halogens is 1. The van der Waals surface area contributed by atoms with E-state index in [-0.39, 0.29) is 11.8 Å². The molecule has 2 aromatic rings. The van der Waals surface area contributed by atoms with Crippen LogP contribution in [0.1, 0.15) is 47.7 Å². The Labute approximate surface area is 177 Å². The van der Waals surface area contributed by atoms with Crippen LogP contribution in [0.2, 0.25) is 5.02 Å². The number of hydrogen-bond acceptors (Lipinski definition) is 3. The molecule has 1 atom stereocenters. The van der Waals surface area contributed by atoms with Gasteiger partial charge in [-0.25, -0.2) is 0 Å². The molecule has 1 aliphatic heterocycles. The van der Waals surface area contributed by atoms with Crippen molar-refractivity contribution in [3.63, 3.8) is 0 Å². The first-order valence-corrected chi connectivity index (χ1v) is 10.5. The van der Waals surface area contributed by atoms with Gasteiger partial charge >= 0.3 is 0 Å². The predicted molar refractivity (Wildman–Crippen MR) is 116 cm³/mol. The van der Waals surface area contributed by atoms with Crippen molar-refractivity contribution < 1.29 is 9.59 Å². The Bertz CT molecular complexity index is 850. The fraction of sp³-hybridized carbons (Fsp3) is 0.391. The van der Waals surface area contributed by atoms with Gasteiger partial charge in [-0.1, -0.05) is 54.4 Å². The molecule has 0 saturated carbocycles. The smallest absolute Gasteiger partial charge is 0.253 e. The van der Waals surface area contributed by atoms with Gasteiger partial charge in [0.1, 0.15) is 6.04 Å². The van der Waals surface area contributed by atoms with Crippen LogP contribution in [-0.2, 0) is 17.9 Å². The van der Waals surface area contributed by atoms with Gasteiger partial charge in [0, 0.05) is 13.1 Å². The third-order valence-electron chi connectivity index (χ3n) is 5.27. The number of hydrogen-bond donors (Lipinski definition) is 2. The molecule has 29 heavy (non-hydrogen) atoms. The van der Waals surface area contributed by atoms with E-state index in [4.69, 9.17) is 11.6 Å². The van der Waals surface area contributed by atoms with Gasteiger partial charge in [-0.3, -0.25) is 14.5 Å². The summed E-state index contributed by atoms with van der Waals surface area (Å²) < 4.78 is 0. The maximum Gasteiger partial charge on any atom is 0.253 e. The summed E-state index contributed by atoms with van der Waals surface area (Å²) in [6.07, 6.45) is 3.81. The molecule has 6 heteroatoms. The summed E-state index contributed by atoms with van der Waals surface area (Å²) in [6.45, 7) is 5.28. The lowest BCUT2D eigenvalue weighted by molar-refractivity contribution is -0.122. The maximum atomic E-state index is 12.5. The highest BCUT2D eigenvalue weighted by atomic mass is 35.5. The molecule has 3 rings (SSSR count). The lowest BCUT2D eigenvalue weighted by Gasteiger charge is -2.27. The molecule has 0 aromatic heterocycles. The third kappa shape index (κ3) is 6.05. The Hall–Kier alpha value is -2.37. The Kier molecular flexibility index (Phi) is 7.67. The minimum atomic E-state index is -0.659. The van der Waals surface area contributed by atoms with Crippen LogP contribution in [0.3, 0.4) is 0 Å². The van der Waals surface area contributed by atoms with Crippen LogP contribution in [0.4, 0.5) is 0 Å². The van der Waals surface area contributed by atoms with Crippen molar-refractivity contribution >= 4 is 23.4 Å². The molecule has 1 fully saturated rings. The van der Waals surface area contributed by atoms with Gasteiger partial charge in [0.25, 0.3) is 5.91 Å². The van der Waals surface area contributed by atoms with Crippen LogP contribution in [0.15, 0.2) is 48.5 Å². The van der Waals surface area contributed by atoms with Crippen LogP contribution in [-0.4, -0.2) is 35.8 Å². The van der Waals surface area contributed by atoms with E-state index in [9.17, 15) is 9.59 Å². The number of amides is 2. The number of piperidine rings is 1. The quantitative estimate of drug-likeness (QED) is 0.726. The van der Waals surface area contributed by atoms with E-state index in [0.29, 0.717) is 17.1 Å². The molecule has 0 spiro atoms. The van der Waals surface area contributed by atoms with Crippen molar-refractivity contribution in [1.29, 1.82) is 0 Å². The van der Waals surface area contributed by atoms with Gasteiger partial charge in [0.15, 0.2) is 0 Å². The molecule has 0 unspecified atom stereocenters. The first kappa shape index (κ1) is 21.3. The van der Waals surface area contributed by atoms with Gasteiger partial charge in [-0.05, 0) is 56.1 Å². The summed E-state index contributed by atoms with van der Waals surface area (Å²) in [7, 11) is 0. The molecule has 0 radical (unpaired) electrons. The number of nitrogens with one attached hydrogen (secondary N) is 2. The van der Waals surface area contributed by atoms with Crippen molar-refractivity contribution in [3.8, 4) is 0 Å². The van der Waals surface area contributed by atoms with Gasteiger partial charge in [-0.2, -0.15) is 0 Å². The number of likely N-dealkylation sites (tertiary alicyclic amines) is 1. The minimum Gasteiger partial charge on any atom is -0.350 e. The second-order valence-corrected chi connectivity index (χ2v) is 7.91. The molecular formula is C23H28ClN3O2. The predicted octanol–water partition coefficient (Wildman–Crippen LogP) is 3.76. The average molecular weight is 414 g/mol. The van der Waals surface area contributed by atoms with Crippen molar-refractivity contribution in [2.24, 2.45) is 0 Å². The molecule has 1 aliphatic rings. The molecule has 0 aliphatic carbocycles. The summed E-state index contributed by atoms with van der Waals surface area (Å²) in [5.74, 6) is -0.582. The number of rotatable bonds is 7. The van der Waals surface area contributed by atoms with E-state index >= 15 is 0 Å². The molecule has 5 nitrogen and oxygen atoms in total. The molecule has 1 saturated heterocycles. The zero-order chi connectivity index (χ0) is 20.6. The first-order chi connectivity index (χ1) is 14.0. The highest BCUT2D eigenvalue weighted by molar-refractivity contribution is 6.33. The number of nitrogens with zero attached hydrogens (tertiary/aromatic N) is 1. The van der Waals surface area contributed by atoms with Crippen LogP contribution in [0.5, 0.6) is 0 Å². The third-order valence-corrected chi connectivity index (χ3v) is 5.60. The minimum absolute atomic E-state index is 0.224. The fourth-order valence-electron chi connectivity index (χ4n) is 3.56. The molecule has 2 N–H and O–H groups in total. The average Bonchev–Trinajstić information content (AvgIpc) is 2.74. The largest absolute Gasteiger partial charge is 0.350 e. The van der Waals surface area contributed by atoms with E-state index < -0.39 is 6.04 Å². The Morgan fingerprint density at radius 2 is 1.66 bits per heavy atom. The molecule has 2 amide bonds. The van der Waals surface area contributed by atoms with E-state index in [2.05, 4.69) is 21.6 Å². The standard InChI is InChI=1S/C23H28ClN3O2/c1-17(26-23(29)20-11-5-6-12-21(20)24)22(28)25-15-18-9-3-4-10-19(18)16-27-13-7-2-8-14-27/h3-6,9-12,17H,2,7-8,13-16H2,1H3,(H,25,28)(H,26,29)/t17-/m0/s1. The van der Waals surface area contributed by atoms with Crippen molar-refractivity contribution in [2.75, 3.05) is 13.1 Å². The highest BCUT2D eigenvalue weighted by Gasteiger charge is 2.18. The van der Waals surface area contributed by atoms with E-state index in [1.807, 2.05) is 18.2 Å². The van der Waals surface area contributed by atoms with E-state index in [0.717, 1.165) is 25.2 Å². The van der Waals surface area contributed by atoms with Crippen LogP contribution >= 0.6 is 11.6 Å². The molecule has 154 valence electrons. The first-order valence-electron chi connectivity index (χ1n) is 10.2.